The summed E-state index contributed by atoms with van der Waals surface area (Å²) in [6.07, 6.45) is 5.23. The van der Waals surface area contributed by atoms with Crippen molar-refractivity contribution in [1.82, 2.24) is 0 Å². The van der Waals surface area contributed by atoms with Crippen molar-refractivity contribution in [1.29, 1.82) is 0 Å². The molecule has 2 rings (SSSR count). The first-order valence-electron chi connectivity index (χ1n) is 5.55. The third-order valence-corrected chi connectivity index (χ3v) is 3.15. The van der Waals surface area contributed by atoms with E-state index in [-0.39, 0.29) is 11.5 Å². The number of nitrogens with one attached hydrogen (secondary N) is 1. The van der Waals surface area contributed by atoms with Gasteiger partial charge in [-0.25, -0.2) is 4.39 Å². The summed E-state index contributed by atoms with van der Waals surface area (Å²) in [5, 5.41) is 3.19. The Morgan fingerprint density at radius 1 is 1.40 bits per heavy atom. The Morgan fingerprint density at radius 2 is 2.20 bits per heavy atom. The van der Waals surface area contributed by atoms with Crippen molar-refractivity contribution in [2.75, 3.05) is 17.6 Å². The van der Waals surface area contributed by atoms with Gasteiger partial charge in [-0.1, -0.05) is 25.3 Å². The summed E-state index contributed by atoms with van der Waals surface area (Å²) in [6.45, 7) is 0.887. The predicted octanol–water partition coefficient (Wildman–Crippen LogP) is 3.01. The Balaban J connectivity index is 1.84. The van der Waals surface area contributed by atoms with Gasteiger partial charge in [0, 0.05) is 6.54 Å². The van der Waals surface area contributed by atoms with Gasteiger partial charge < -0.3 is 11.1 Å². The van der Waals surface area contributed by atoms with E-state index in [1.54, 1.807) is 6.07 Å². The molecule has 1 aromatic rings. The molecule has 0 radical (unpaired) electrons. The molecule has 1 fully saturated rings. The lowest BCUT2D eigenvalue weighted by atomic mass is 9.83. The molecule has 0 aliphatic heterocycles. The molecular formula is C12H17FN2. The van der Waals surface area contributed by atoms with Crippen molar-refractivity contribution in [2.24, 2.45) is 5.92 Å². The molecule has 3 heteroatoms. The van der Waals surface area contributed by atoms with Crippen molar-refractivity contribution in [3.8, 4) is 0 Å². The van der Waals surface area contributed by atoms with Crippen LogP contribution in [0.25, 0.3) is 0 Å². The van der Waals surface area contributed by atoms with Gasteiger partial charge in [-0.2, -0.15) is 0 Å². The van der Waals surface area contributed by atoms with Crippen LogP contribution >= 0.6 is 0 Å². The third-order valence-electron chi connectivity index (χ3n) is 3.15. The molecule has 0 heterocycles. The SMILES string of the molecule is Nc1c(F)cccc1NCCC1CCC1. The Bertz CT molecular complexity index is 334. The lowest BCUT2D eigenvalue weighted by Gasteiger charge is -2.25. The number of hydrogen-bond donors (Lipinski definition) is 2. The maximum atomic E-state index is 13.1. The van der Waals surface area contributed by atoms with Gasteiger partial charge in [0.15, 0.2) is 0 Å². The summed E-state index contributed by atoms with van der Waals surface area (Å²) in [5.41, 5.74) is 6.55. The van der Waals surface area contributed by atoms with Crippen LogP contribution < -0.4 is 11.1 Å². The highest BCUT2D eigenvalue weighted by Gasteiger charge is 2.16. The van der Waals surface area contributed by atoms with Crippen LogP contribution in [0.3, 0.4) is 0 Å². The van der Waals surface area contributed by atoms with Crippen molar-refractivity contribution < 1.29 is 4.39 Å². The second-order valence-electron chi connectivity index (χ2n) is 4.21. The maximum absolute atomic E-state index is 13.1. The fourth-order valence-corrected chi connectivity index (χ4v) is 1.88. The van der Waals surface area contributed by atoms with Crippen molar-refractivity contribution in [3.05, 3.63) is 24.0 Å². The number of nitrogen functional groups attached to an aromatic ring is 1. The van der Waals surface area contributed by atoms with Gasteiger partial charge in [-0.05, 0) is 24.5 Å². The highest BCUT2D eigenvalue weighted by atomic mass is 19.1. The average molecular weight is 208 g/mol. The Kier molecular flexibility index (Phi) is 3.09. The summed E-state index contributed by atoms with van der Waals surface area (Å²) in [5.74, 6) is 0.524. The van der Waals surface area contributed by atoms with Gasteiger partial charge >= 0.3 is 0 Å². The summed E-state index contributed by atoms with van der Waals surface area (Å²) in [7, 11) is 0. The maximum Gasteiger partial charge on any atom is 0.148 e. The molecule has 2 nitrogen and oxygen atoms in total. The Morgan fingerprint density at radius 3 is 2.87 bits per heavy atom. The number of nitrogens with two attached hydrogens (primary N) is 1. The zero-order valence-electron chi connectivity index (χ0n) is 8.80. The molecule has 15 heavy (non-hydrogen) atoms. The molecule has 1 aliphatic carbocycles. The van der Waals surface area contributed by atoms with Crippen molar-refractivity contribution in [2.45, 2.75) is 25.7 Å². The highest BCUT2D eigenvalue weighted by molar-refractivity contribution is 5.66. The van der Waals surface area contributed by atoms with E-state index < -0.39 is 0 Å². The first-order valence-corrected chi connectivity index (χ1v) is 5.55. The van der Waals surface area contributed by atoms with Gasteiger partial charge in [0.2, 0.25) is 0 Å². The predicted molar refractivity (Wildman–Crippen MR) is 61.3 cm³/mol. The van der Waals surface area contributed by atoms with E-state index in [1.165, 1.54) is 25.3 Å². The summed E-state index contributed by atoms with van der Waals surface area (Å²) >= 11 is 0. The third kappa shape index (κ3) is 2.41. The molecule has 3 N–H and O–H groups in total. The number of para-hydroxylation sites is 1. The molecule has 0 spiro atoms. The van der Waals surface area contributed by atoms with E-state index in [2.05, 4.69) is 5.32 Å². The zero-order chi connectivity index (χ0) is 10.7. The van der Waals surface area contributed by atoms with E-state index in [4.69, 9.17) is 5.73 Å². The van der Waals surface area contributed by atoms with Crippen LogP contribution in [-0.2, 0) is 0 Å². The van der Waals surface area contributed by atoms with Crippen molar-refractivity contribution in [3.63, 3.8) is 0 Å². The molecular weight excluding hydrogens is 191 g/mol. The van der Waals surface area contributed by atoms with Gasteiger partial charge in [0.05, 0.1) is 11.4 Å². The van der Waals surface area contributed by atoms with Gasteiger partial charge in [-0.3, -0.25) is 0 Å². The zero-order valence-corrected chi connectivity index (χ0v) is 8.80. The molecule has 82 valence electrons. The lowest BCUT2D eigenvalue weighted by molar-refractivity contribution is 0.303. The van der Waals surface area contributed by atoms with Crippen molar-refractivity contribution >= 4 is 11.4 Å². The first-order chi connectivity index (χ1) is 7.27. The molecule has 0 saturated heterocycles. The quantitative estimate of drug-likeness (QED) is 0.746. The smallest absolute Gasteiger partial charge is 0.148 e. The van der Waals surface area contributed by atoms with E-state index >= 15 is 0 Å². The van der Waals surface area contributed by atoms with E-state index in [1.807, 2.05) is 6.07 Å². The Hall–Kier alpha value is -1.25. The normalized spacial score (nSPS) is 16.1. The van der Waals surface area contributed by atoms with Crippen LogP contribution in [0.4, 0.5) is 15.8 Å². The fourth-order valence-electron chi connectivity index (χ4n) is 1.88. The van der Waals surface area contributed by atoms with Crippen LogP contribution in [0.15, 0.2) is 18.2 Å². The molecule has 1 aliphatic rings. The molecule has 1 saturated carbocycles. The molecule has 0 unspecified atom stereocenters. The summed E-state index contributed by atoms with van der Waals surface area (Å²) < 4.78 is 13.1. The monoisotopic (exact) mass is 208 g/mol. The number of rotatable bonds is 4. The molecule has 0 aromatic heterocycles. The first kappa shape index (κ1) is 10.3. The molecule has 0 amide bonds. The van der Waals surface area contributed by atoms with Crippen LogP contribution in [0, 0.1) is 11.7 Å². The van der Waals surface area contributed by atoms with E-state index in [0.29, 0.717) is 5.69 Å². The van der Waals surface area contributed by atoms with Crippen LogP contribution in [-0.4, -0.2) is 6.54 Å². The molecule has 0 bridgehead atoms. The second kappa shape index (κ2) is 4.51. The minimum Gasteiger partial charge on any atom is -0.395 e. The molecule has 1 aromatic carbocycles. The Labute approximate surface area is 89.7 Å². The largest absolute Gasteiger partial charge is 0.395 e. The van der Waals surface area contributed by atoms with E-state index in [0.717, 1.165) is 18.9 Å². The topological polar surface area (TPSA) is 38.0 Å². The second-order valence-corrected chi connectivity index (χ2v) is 4.21. The highest BCUT2D eigenvalue weighted by Crippen LogP contribution is 2.29. The standard InChI is InChI=1S/C12H17FN2/c13-10-5-2-6-11(12(10)14)15-8-7-9-3-1-4-9/h2,5-6,9,15H,1,3-4,7-8,14H2. The van der Waals surface area contributed by atoms with Crippen LogP contribution in [0.1, 0.15) is 25.7 Å². The minimum atomic E-state index is -0.344. The summed E-state index contributed by atoms with van der Waals surface area (Å²) in [4.78, 5) is 0. The fraction of sp³-hybridized carbons (Fsp3) is 0.500. The molecule has 0 atom stereocenters. The van der Waals surface area contributed by atoms with Gasteiger partial charge in [0.1, 0.15) is 5.82 Å². The van der Waals surface area contributed by atoms with Gasteiger partial charge in [0.25, 0.3) is 0 Å². The van der Waals surface area contributed by atoms with Crippen LogP contribution in [0.2, 0.25) is 0 Å². The van der Waals surface area contributed by atoms with E-state index in [9.17, 15) is 4.39 Å². The number of halogens is 1. The number of benzene rings is 1. The summed E-state index contributed by atoms with van der Waals surface area (Å²) in [6, 6.07) is 4.88. The minimum absolute atomic E-state index is 0.228. The number of anilines is 2. The number of hydrogen-bond acceptors (Lipinski definition) is 2. The van der Waals surface area contributed by atoms with Gasteiger partial charge in [-0.15, -0.1) is 0 Å². The average Bonchev–Trinajstić information content (AvgIpc) is 2.16. The lowest BCUT2D eigenvalue weighted by Crippen LogP contribution is -2.16. The van der Waals surface area contributed by atoms with Crippen LogP contribution in [0.5, 0.6) is 0 Å².